The SMILES string of the molecule is CCOc1cc(Br)c2oc(=O)c(P(=O)(OCC)OCC)cc2c1. The maximum absolute atomic E-state index is 12.8. The van der Waals surface area contributed by atoms with Gasteiger partial charge < -0.3 is 18.2 Å². The molecule has 1 aromatic heterocycles. The van der Waals surface area contributed by atoms with Gasteiger partial charge in [-0.1, -0.05) is 0 Å². The minimum Gasteiger partial charge on any atom is -0.494 e. The van der Waals surface area contributed by atoms with Crippen LogP contribution in [0.5, 0.6) is 5.75 Å². The van der Waals surface area contributed by atoms with E-state index in [1.165, 1.54) is 6.07 Å². The van der Waals surface area contributed by atoms with Crippen molar-refractivity contribution in [2.45, 2.75) is 20.8 Å². The summed E-state index contributed by atoms with van der Waals surface area (Å²) in [5.74, 6) is 0.606. The van der Waals surface area contributed by atoms with E-state index in [2.05, 4.69) is 15.9 Å². The van der Waals surface area contributed by atoms with Crippen molar-refractivity contribution in [3.63, 3.8) is 0 Å². The van der Waals surface area contributed by atoms with E-state index in [0.29, 0.717) is 27.8 Å². The fraction of sp³-hybridized carbons (Fsp3) is 0.400. The Labute approximate surface area is 142 Å². The highest BCUT2D eigenvalue weighted by molar-refractivity contribution is 9.10. The van der Waals surface area contributed by atoms with Crippen LogP contribution in [0, 0.1) is 0 Å². The van der Waals surface area contributed by atoms with E-state index in [1.54, 1.807) is 26.0 Å². The number of benzene rings is 1. The average molecular weight is 405 g/mol. The maximum Gasteiger partial charge on any atom is 0.368 e. The molecule has 8 heteroatoms. The number of fused-ring (bicyclic) bond motifs is 1. The molecule has 2 rings (SSSR count). The van der Waals surface area contributed by atoms with Crippen LogP contribution in [0.1, 0.15) is 20.8 Å². The minimum atomic E-state index is -3.72. The summed E-state index contributed by atoms with van der Waals surface area (Å²) in [7, 11) is -3.72. The Morgan fingerprint density at radius 3 is 2.30 bits per heavy atom. The van der Waals surface area contributed by atoms with Crippen molar-refractivity contribution in [3.8, 4) is 5.75 Å². The number of hydrogen-bond donors (Lipinski definition) is 0. The average Bonchev–Trinajstić information content (AvgIpc) is 2.48. The quantitative estimate of drug-likeness (QED) is 0.515. The molecule has 0 bridgehead atoms. The molecule has 0 aliphatic carbocycles. The molecule has 6 nitrogen and oxygen atoms in total. The van der Waals surface area contributed by atoms with Crippen molar-refractivity contribution >= 4 is 39.8 Å². The number of hydrogen-bond acceptors (Lipinski definition) is 6. The van der Waals surface area contributed by atoms with Crippen molar-refractivity contribution in [2.24, 2.45) is 0 Å². The van der Waals surface area contributed by atoms with Crippen LogP contribution in [-0.2, 0) is 13.6 Å². The Bertz CT molecular complexity index is 790. The molecule has 126 valence electrons. The van der Waals surface area contributed by atoms with Gasteiger partial charge in [-0.3, -0.25) is 4.57 Å². The lowest BCUT2D eigenvalue weighted by Gasteiger charge is -2.16. The first-order valence-corrected chi connectivity index (χ1v) is 9.58. The molecule has 0 saturated heterocycles. The van der Waals surface area contributed by atoms with Gasteiger partial charge in [0.05, 0.1) is 24.3 Å². The van der Waals surface area contributed by atoms with Crippen LogP contribution in [0.15, 0.2) is 31.9 Å². The molecule has 0 amide bonds. The van der Waals surface area contributed by atoms with Crippen LogP contribution in [0.3, 0.4) is 0 Å². The molecule has 1 aromatic carbocycles. The Hall–Kier alpha value is -1.14. The van der Waals surface area contributed by atoms with Crippen LogP contribution in [0.25, 0.3) is 11.0 Å². The van der Waals surface area contributed by atoms with Gasteiger partial charge >= 0.3 is 13.2 Å². The topological polar surface area (TPSA) is 75.0 Å². The lowest BCUT2D eigenvalue weighted by Crippen LogP contribution is -2.26. The molecule has 0 aliphatic rings. The summed E-state index contributed by atoms with van der Waals surface area (Å²) in [4.78, 5) is 12.2. The van der Waals surface area contributed by atoms with Gasteiger partial charge in [-0.15, -0.1) is 0 Å². The molecule has 0 atom stereocenters. The first-order chi connectivity index (χ1) is 10.9. The molecule has 23 heavy (non-hydrogen) atoms. The van der Waals surface area contributed by atoms with Crippen LogP contribution in [0.2, 0.25) is 0 Å². The van der Waals surface area contributed by atoms with E-state index in [9.17, 15) is 9.36 Å². The Balaban J connectivity index is 2.67. The fourth-order valence-electron chi connectivity index (χ4n) is 2.11. The monoisotopic (exact) mass is 404 g/mol. The van der Waals surface area contributed by atoms with Crippen molar-refractivity contribution in [3.05, 3.63) is 33.1 Å². The normalized spacial score (nSPS) is 11.8. The zero-order valence-electron chi connectivity index (χ0n) is 13.1. The van der Waals surface area contributed by atoms with Gasteiger partial charge in [0.25, 0.3) is 0 Å². The molecule has 0 unspecified atom stereocenters. The molecule has 0 fully saturated rings. The first kappa shape index (κ1) is 18.2. The second-order valence-corrected chi connectivity index (χ2v) is 7.36. The summed E-state index contributed by atoms with van der Waals surface area (Å²) in [6.07, 6.45) is 0. The van der Waals surface area contributed by atoms with Gasteiger partial charge in [-0.2, -0.15) is 0 Å². The predicted molar refractivity (Wildman–Crippen MR) is 91.8 cm³/mol. The third kappa shape index (κ3) is 3.86. The number of rotatable bonds is 7. The van der Waals surface area contributed by atoms with E-state index in [0.717, 1.165) is 0 Å². The molecule has 0 radical (unpaired) electrons. The molecule has 1 heterocycles. The molecule has 0 aliphatic heterocycles. The summed E-state index contributed by atoms with van der Waals surface area (Å²) in [5, 5.41) is 0.450. The largest absolute Gasteiger partial charge is 0.494 e. The summed E-state index contributed by atoms with van der Waals surface area (Å²) >= 11 is 3.34. The minimum absolute atomic E-state index is 0.116. The maximum atomic E-state index is 12.8. The highest BCUT2D eigenvalue weighted by Gasteiger charge is 2.31. The van der Waals surface area contributed by atoms with E-state index >= 15 is 0 Å². The lowest BCUT2D eigenvalue weighted by atomic mass is 10.2. The summed E-state index contributed by atoms with van der Waals surface area (Å²) in [5.41, 5.74) is -0.394. The molecule has 0 saturated carbocycles. The third-order valence-corrected chi connectivity index (χ3v) is 5.63. The van der Waals surface area contributed by atoms with Gasteiger partial charge in [0.2, 0.25) is 0 Å². The summed E-state index contributed by atoms with van der Waals surface area (Å²) < 4.78 is 34.6. The Kier molecular flexibility index (Phi) is 6.03. The van der Waals surface area contributed by atoms with Crippen LogP contribution >= 0.6 is 23.5 Å². The Morgan fingerprint density at radius 2 is 1.74 bits per heavy atom. The number of halogens is 1. The molecular weight excluding hydrogens is 387 g/mol. The van der Waals surface area contributed by atoms with Crippen LogP contribution in [0.4, 0.5) is 0 Å². The van der Waals surface area contributed by atoms with Gasteiger partial charge in [0.1, 0.15) is 5.75 Å². The first-order valence-electron chi connectivity index (χ1n) is 7.25. The van der Waals surface area contributed by atoms with E-state index in [1.807, 2.05) is 6.92 Å². The number of ether oxygens (including phenoxy) is 1. The standard InChI is InChI=1S/C15H18BrO6P/c1-4-19-11-7-10-8-13(23(18,20-5-2)21-6-3)15(17)22-14(10)12(16)9-11/h7-9H,4-6H2,1-3H3. The van der Waals surface area contributed by atoms with E-state index in [4.69, 9.17) is 18.2 Å². The second-order valence-electron chi connectivity index (χ2n) is 4.51. The summed E-state index contributed by atoms with van der Waals surface area (Å²) in [6, 6.07) is 4.89. The van der Waals surface area contributed by atoms with Gasteiger partial charge in [-0.05, 0) is 54.9 Å². The van der Waals surface area contributed by atoms with Crippen molar-refractivity contribution in [2.75, 3.05) is 19.8 Å². The smallest absolute Gasteiger partial charge is 0.368 e. The van der Waals surface area contributed by atoms with E-state index < -0.39 is 13.2 Å². The third-order valence-electron chi connectivity index (χ3n) is 2.95. The lowest BCUT2D eigenvalue weighted by molar-refractivity contribution is 0.229. The molecule has 2 aromatic rings. The van der Waals surface area contributed by atoms with Crippen molar-refractivity contribution in [1.82, 2.24) is 0 Å². The van der Waals surface area contributed by atoms with Gasteiger partial charge in [0.15, 0.2) is 10.9 Å². The van der Waals surface area contributed by atoms with Gasteiger partial charge in [0, 0.05) is 5.39 Å². The zero-order chi connectivity index (χ0) is 17.0. The van der Waals surface area contributed by atoms with Crippen LogP contribution < -0.4 is 15.7 Å². The highest BCUT2D eigenvalue weighted by Crippen LogP contribution is 2.46. The zero-order valence-corrected chi connectivity index (χ0v) is 15.6. The summed E-state index contributed by atoms with van der Waals surface area (Å²) in [6.45, 7) is 6.02. The molecular formula is C15H18BrO6P. The highest BCUT2D eigenvalue weighted by atomic mass is 79.9. The molecule has 0 N–H and O–H groups in total. The van der Waals surface area contributed by atoms with Crippen molar-refractivity contribution in [1.29, 1.82) is 0 Å². The Morgan fingerprint density at radius 1 is 1.09 bits per heavy atom. The van der Waals surface area contributed by atoms with Crippen LogP contribution in [-0.4, -0.2) is 19.8 Å². The van der Waals surface area contributed by atoms with Crippen molar-refractivity contribution < 1.29 is 22.8 Å². The molecule has 0 spiro atoms. The van der Waals surface area contributed by atoms with Gasteiger partial charge in [-0.25, -0.2) is 4.79 Å². The second kappa shape index (κ2) is 7.62. The fourth-order valence-corrected chi connectivity index (χ4v) is 4.25. The van der Waals surface area contributed by atoms with E-state index in [-0.39, 0.29) is 18.5 Å². The predicted octanol–water partition coefficient (Wildman–Crippen LogP) is 3.85.